The van der Waals surface area contributed by atoms with Crippen LogP contribution in [0.3, 0.4) is 0 Å². The highest BCUT2D eigenvalue weighted by molar-refractivity contribution is 6.30. The minimum atomic E-state index is -4.94. The maximum absolute atomic E-state index is 8.49. The van der Waals surface area contributed by atoms with Gasteiger partial charge in [0.15, 0.2) is 0 Å². The number of benzene rings is 2. The van der Waals surface area contributed by atoms with Crippen LogP contribution in [0.2, 0.25) is 5.02 Å². The van der Waals surface area contributed by atoms with Crippen LogP contribution in [-0.2, 0) is 0 Å². The number of nitrogens with one attached hydrogen (secondary N) is 1. The average Bonchev–Trinajstić information content (AvgIpc) is 2.72. The summed E-state index contributed by atoms with van der Waals surface area (Å²) >= 11 is 6.01. The van der Waals surface area contributed by atoms with Crippen LogP contribution in [0, 0.1) is 10.2 Å². The Kier molecular flexibility index (Phi) is 9.77. The van der Waals surface area contributed by atoms with E-state index in [-0.39, 0.29) is 0 Å². The summed E-state index contributed by atoms with van der Waals surface area (Å²) in [4.78, 5) is 3.58. The van der Waals surface area contributed by atoms with Crippen molar-refractivity contribution in [1.29, 1.82) is 0 Å². The average molecular weight is 470 g/mol. The molecule has 0 unspecified atom stereocenters. The zero-order chi connectivity index (χ0) is 22.9. The highest BCUT2D eigenvalue weighted by Gasteiger charge is 2.10. The van der Waals surface area contributed by atoms with Crippen molar-refractivity contribution in [2.24, 2.45) is 0 Å². The van der Waals surface area contributed by atoms with Gasteiger partial charge in [-0.05, 0) is 48.9 Å². The molecule has 3 aromatic rings. The molecular weight excluding hydrogens is 445 g/mol. The molecular formula is C22H25Cl2NO6. The normalized spacial score (nSPS) is 11.9. The third-order valence-corrected chi connectivity index (χ3v) is 4.70. The summed E-state index contributed by atoms with van der Waals surface area (Å²) < 4.78 is 45.5. The molecule has 0 spiro atoms. The second kappa shape index (κ2) is 12.0. The molecule has 0 bridgehead atoms. The molecule has 0 saturated carbocycles. The van der Waals surface area contributed by atoms with Gasteiger partial charge < -0.3 is 9.15 Å². The Balaban J connectivity index is 0.000000614. The van der Waals surface area contributed by atoms with Crippen molar-refractivity contribution < 1.29 is 43.0 Å². The number of fused-ring (bicyclic) bond motifs is 1. The van der Waals surface area contributed by atoms with Crippen molar-refractivity contribution in [1.82, 2.24) is 0 Å². The number of methoxy groups -OCH3 is 1. The monoisotopic (exact) mass is 469 g/mol. The van der Waals surface area contributed by atoms with Crippen LogP contribution >= 0.6 is 11.6 Å². The molecule has 0 radical (unpaired) electrons. The first kappa shape index (κ1) is 25.1. The number of unbranched alkanes of at least 4 members (excludes halogenated alkanes) is 3. The van der Waals surface area contributed by atoms with E-state index in [1.54, 1.807) is 7.11 Å². The van der Waals surface area contributed by atoms with Gasteiger partial charge >= 0.3 is 0 Å². The van der Waals surface area contributed by atoms with Crippen LogP contribution in [0.25, 0.3) is 22.3 Å². The summed E-state index contributed by atoms with van der Waals surface area (Å²) in [7, 11) is -3.27. The molecule has 3 rings (SSSR count). The summed E-state index contributed by atoms with van der Waals surface area (Å²) in [6.07, 6.45) is 4.91. The Bertz CT molecular complexity index is 1020. The highest BCUT2D eigenvalue weighted by Crippen LogP contribution is 2.25. The maximum atomic E-state index is 8.49. The first-order chi connectivity index (χ1) is 14.7. The Morgan fingerprint density at radius 3 is 2.26 bits per heavy atom. The zero-order valence-corrected chi connectivity index (χ0v) is 18.9. The minimum Gasteiger partial charge on any atom is -0.497 e. The lowest BCUT2D eigenvalue weighted by Crippen LogP contribution is -2.76. The first-order valence-electron chi connectivity index (χ1n) is 9.77. The fourth-order valence-corrected chi connectivity index (χ4v) is 3.10. The number of hydrogen-bond acceptors (Lipinski definition) is 6. The Hall–Kier alpha value is -2.13. The molecule has 9 heteroatoms. The first-order valence-corrected chi connectivity index (χ1v) is 11.4. The highest BCUT2D eigenvalue weighted by atomic mass is 35.7. The standard InChI is InChI=1S/C22H24ClNO2.ClHO4/c1-3-4-5-6-13-24-20-15-22(16-7-9-17(23)10-8-16)26-21-12-11-18(25-2)14-19(20)21;2-1(3,4)5/h7-12,14-15H,3-6,13H2,1-2H3;(H,2,3,4,5). The summed E-state index contributed by atoms with van der Waals surface area (Å²) in [5, 5.41) is 2.80. The Labute approximate surface area is 187 Å². The second-order valence-corrected chi connectivity index (χ2v) is 7.95. The number of hydrogen-bond donors (Lipinski definition) is 1. The van der Waals surface area contributed by atoms with Crippen molar-refractivity contribution in [2.45, 2.75) is 32.6 Å². The van der Waals surface area contributed by atoms with Gasteiger partial charge in [-0.2, -0.15) is 0 Å². The number of ether oxygens (including phenoxy) is 1. The lowest BCUT2D eigenvalue weighted by Gasteiger charge is -2.17. The molecule has 7 nitrogen and oxygen atoms in total. The summed E-state index contributed by atoms with van der Waals surface area (Å²) in [5.41, 5.74) is 1.83. The van der Waals surface area contributed by atoms with Crippen molar-refractivity contribution in [3.05, 3.63) is 58.9 Å². The van der Waals surface area contributed by atoms with Crippen LogP contribution < -0.4 is 33.7 Å². The van der Waals surface area contributed by atoms with Crippen molar-refractivity contribution >= 4 is 22.6 Å². The van der Waals surface area contributed by atoms with E-state index in [2.05, 4.69) is 18.0 Å². The van der Waals surface area contributed by atoms with E-state index in [4.69, 9.17) is 39.4 Å². The smallest absolute Gasteiger partial charge is 0.213 e. The molecule has 1 N–H and O–H groups in total. The summed E-state index contributed by atoms with van der Waals surface area (Å²) in [6.45, 7) is 3.17. The Morgan fingerprint density at radius 1 is 0.968 bits per heavy atom. The molecule has 0 aliphatic rings. The third kappa shape index (κ3) is 8.86. The summed E-state index contributed by atoms with van der Waals surface area (Å²) in [5.74, 6) is 1.64. The number of halogens is 2. The molecule has 0 amide bonds. The Morgan fingerprint density at radius 2 is 1.65 bits per heavy atom. The van der Waals surface area contributed by atoms with Gasteiger partial charge in [-0.25, -0.2) is 23.6 Å². The van der Waals surface area contributed by atoms with Crippen LogP contribution in [0.4, 0.5) is 0 Å². The SMILES string of the molecule is CCCCCC[NH+]=c1cc(-c2ccc(Cl)cc2)oc2ccc(OC)cc12.[O-][Cl+3]([O-])([O-])[O-]. The minimum absolute atomic E-state index is 0.716. The lowest BCUT2D eigenvalue weighted by atomic mass is 10.1. The molecule has 0 saturated heterocycles. The van der Waals surface area contributed by atoms with Gasteiger partial charge in [0.25, 0.3) is 0 Å². The molecule has 0 aliphatic heterocycles. The molecule has 0 aliphatic carbocycles. The predicted molar refractivity (Wildman–Crippen MR) is 106 cm³/mol. The van der Waals surface area contributed by atoms with E-state index in [0.717, 1.165) is 46.4 Å². The molecule has 1 heterocycles. The number of rotatable bonds is 7. The van der Waals surface area contributed by atoms with E-state index in [1.807, 2.05) is 42.5 Å². The van der Waals surface area contributed by atoms with E-state index in [9.17, 15) is 0 Å². The fourth-order valence-electron chi connectivity index (χ4n) is 2.97. The van der Waals surface area contributed by atoms with E-state index < -0.39 is 10.2 Å². The van der Waals surface area contributed by atoms with Crippen LogP contribution in [0.5, 0.6) is 5.75 Å². The van der Waals surface area contributed by atoms with Crippen LogP contribution in [0.15, 0.2) is 52.9 Å². The lowest BCUT2D eigenvalue weighted by molar-refractivity contribution is -2.00. The third-order valence-electron chi connectivity index (χ3n) is 4.45. The van der Waals surface area contributed by atoms with Gasteiger partial charge in [0.05, 0.1) is 18.6 Å². The van der Waals surface area contributed by atoms with Gasteiger partial charge in [-0.1, -0.05) is 31.4 Å². The van der Waals surface area contributed by atoms with Gasteiger partial charge in [0.1, 0.15) is 23.6 Å². The second-order valence-electron chi connectivity index (χ2n) is 6.76. The maximum Gasteiger partial charge on any atom is 0.213 e. The van der Waals surface area contributed by atoms with Gasteiger partial charge in [-0.3, -0.25) is 0 Å². The topological polar surface area (TPSA) is 129 Å². The quantitative estimate of drug-likeness (QED) is 0.467. The molecule has 168 valence electrons. The largest absolute Gasteiger partial charge is 0.497 e. The molecule has 2 aromatic carbocycles. The molecule has 0 fully saturated rings. The van der Waals surface area contributed by atoms with Crippen molar-refractivity contribution in [3.8, 4) is 17.1 Å². The van der Waals surface area contributed by atoms with Crippen molar-refractivity contribution in [2.75, 3.05) is 13.7 Å². The van der Waals surface area contributed by atoms with Crippen LogP contribution in [0.1, 0.15) is 32.6 Å². The predicted octanol–water partition coefficient (Wildman–Crippen LogP) is -0.433. The molecule has 1 aromatic heterocycles. The van der Waals surface area contributed by atoms with E-state index in [0.29, 0.717) is 5.02 Å². The summed E-state index contributed by atoms with van der Waals surface area (Å²) in [6, 6.07) is 15.6. The van der Waals surface area contributed by atoms with Gasteiger partial charge in [-0.15, -0.1) is 10.2 Å². The van der Waals surface area contributed by atoms with E-state index >= 15 is 0 Å². The van der Waals surface area contributed by atoms with Gasteiger partial charge in [0, 0.05) is 17.0 Å². The van der Waals surface area contributed by atoms with Crippen molar-refractivity contribution in [3.63, 3.8) is 0 Å². The molecule has 0 atom stereocenters. The van der Waals surface area contributed by atoms with Crippen LogP contribution in [-0.4, -0.2) is 13.7 Å². The zero-order valence-electron chi connectivity index (χ0n) is 17.4. The van der Waals surface area contributed by atoms with E-state index in [1.165, 1.54) is 19.3 Å². The van der Waals surface area contributed by atoms with Gasteiger partial charge in [0.2, 0.25) is 5.36 Å². The fraction of sp³-hybridized carbons (Fsp3) is 0.318. The molecule has 31 heavy (non-hydrogen) atoms.